The van der Waals surface area contributed by atoms with E-state index in [9.17, 15) is 0 Å². The molecule has 2 heterocycles. The number of hydrogen-bond donors (Lipinski definition) is 0. The first-order chi connectivity index (χ1) is 22.7. The highest BCUT2D eigenvalue weighted by molar-refractivity contribution is 6.22. The topological polar surface area (TPSA) is 37.9 Å². The second-order valence-electron chi connectivity index (χ2n) is 11.8. The molecule has 6 aromatic carbocycles. The van der Waals surface area contributed by atoms with Crippen LogP contribution in [-0.4, -0.2) is 11.5 Å². The summed E-state index contributed by atoms with van der Waals surface area (Å²) in [6, 6.07) is 52.8. The first-order valence-electron chi connectivity index (χ1n) is 15.8. The van der Waals surface area contributed by atoms with E-state index >= 15 is 0 Å². The predicted molar refractivity (Wildman–Crippen MR) is 192 cm³/mol. The molecule has 0 fully saturated rings. The van der Waals surface area contributed by atoms with Crippen molar-refractivity contribution in [3.8, 4) is 22.3 Å². The van der Waals surface area contributed by atoms with Crippen LogP contribution < -0.4 is 0 Å². The van der Waals surface area contributed by atoms with E-state index in [-0.39, 0.29) is 0 Å². The highest BCUT2D eigenvalue weighted by Crippen LogP contribution is 2.37. The first-order valence-corrected chi connectivity index (χ1v) is 15.8. The van der Waals surface area contributed by atoms with Crippen molar-refractivity contribution in [2.75, 3.05) is 0 Å². The fourth-order valence-corrected chi connectivity index (χ4v) is 6.38. The lowest BCUT2D eigenvalue weighted by molar-refractivity contribution is 0.669. The Labute approximate surface area is 268 Å². The zero-order valence-electron chi connectivity index (χ0n) is 25.7. The van der Waals surface area contributed by atoms with Crippen LogP contribution in [0, 0.1) is 0 Å². The van der Waals surface area contributed by atoms with Crippen molar-refractivity contribution in [2.24, 2.45) is 9.98 Å². The number of hydrogen-bond acceptors (Lipinski definition) is 3. The second kappa shape index (κ2) is 11.9. The van der Waals surface area contributed by atoms with E-state index in [0.717, 1.165) is 74.0 Å². The fraction of sp³-hybridized carbons (Fsp3) is 0.0698. The molecule has 1 aliphatic heterocycles. The van der Waals surface area contributed by atoms with Gasteiger partial charge in [0.2, 0.25) is 0 Å². The average Bonchev–Trinajstić information content (AvgIpc) is 3.50. The summed E-state index contributed by atoms with van der Waals surface area (Å²) in [6.07, 6.45) is 1.72. The SMILES string of the molecule is C\C1=C(c2ccccc2)/N=C(c2cccc3oc4ccc(-c5ccc(-c6ccccc6)cc5)cc4c23)\N=C(\c2ccccc2)CC1. The Hall–Kier alpha value is -5.80. The van der Waals surface area contributed by atoms with Gasteiger partial charge in [0, 0.05) is 21.9 Å². The molecule has 0 N–H and O–H groups in total. The van der Waals surface area contributed by atoms with Gasteiger partial charge in [-0.2, -0.15) is 0 Å². The third kappa shape index (κ3) is 5.27. The van der Waals surface area contributed by atoms with Crippen LogP contribution in [0.3, 0.4) is 0 Å². The van der Waals surface area contributed by atoms with E-state index in [1.807, 2.05) is 30.3 Å². The van der Waals surface area contributed by atoms with Gasteiger partial charge in [0.05, 0.1) is 11.4 Å². The molecule has 0 spiro atoms. The van der Waals surface area contributed by atoms with Gasteiger partial charge in [-0.1, -0.05) is 133 Å². The largest absolute Gasteiger partial charge is 0.456 e. The van der Waals surface area contributed by atoms with Crippen LogP contribution in [0.5, 0.6) is 0 Å². The summed E-state index contributed by atoms with van der Waals surface area (Å²) in [7, 11) is 0. The highest BCUT2D eigenvalue weighted by Gasteiger charge is 2.20. The summed E-state index contributed by atoms with van der Waals surface area (Å²) in [5.74, 6) is 0.697. The molecule has 0 bridgehead atoms. The average molecular weight is 593 g/mol. The number of aliphatic imine (C=N–C) groups is 2. The van der Waals surface area contributed by atoms with Crippen molar-refractivity contribution in [1.29, 1.82) is 0 Å². The van der Waals surface area contributed by atoms with Gasteiger partial charge in [-0.3, -0.25) is 0 Å². The molecular formula is C43H32N2O. The Morgan fingerprint density at radius 1 is 0.478 bits per heavy atom. The van der Waals surface area contributed by atoms with Crippen molar-refractivity contribution in [2.45, 2.75) is 19.8 Å². The van der Waals surface area contributed by atoms with Crippen LogP contribution in [0.1, 0.15) is 36.5 Å². The zero-order valence-corrected chi connectivity index (χ0v) is 25.7. The van der Waals surface area contributed by atoms with Crippen molar-refractivity contribution in [3.05, 3.63) is 174 Å². The van der Waals surface area contributed by atoms with Crippen molar-refractivity contribution < 1.29 is 4.42 Å². The van der Waals surface area contributed by atoms with Gasteiger partial charge in [0.1, 0.15) is 11.2 Å². The summed E-state index contributed by atoms with van der Waals surface area (Å²) in [4.78, 5) is 10.7. The summed E-state index contributed by atoms with van der Waals surface area (Å²) in [5, 5.41) is 2.08. The van der Waals surface area contributed by atoms with Crippen LogP contribution in [0.2, 0.25) is 0 Å². The molecule has 0 saturated heterocycles. The van der Waals surface area contributed by atoms with Gasteiger partial charge in [0.15, 0.2) is 5.84 Å². The van der Waals surface area contributed by atoms with Crippen molar-refractivity contribution in [3.63, 3.8) is 0 Å². The molecule has 0 radical (unpaired) electrons. The maximum absolute atomic E-state index is 6.44. The Bertz CT molecular complexity index is 2280. The summed E-state index contributed by atoms with van der Waals surface area (Å²) in [5.41, 5.74) is 12.8. The number of amidine groups is 1. The third-order valence-electron chi connectivity index (χ3n) is 8.82. The Kier molecular flexibility index (Phi) is 7.20. The van der Waals surface area contributed by atoms with Crippen molar-refractivity contribution >= 4 is 39.2 Å². The molecule has 46 heavy (non-hydrogen) atoms. The lowest BCUT2D eigenvalue weighted by atomic mass is 9.97. The molecule has 0 atom stereocenters. The number of allylic oxidation sites excluding steroid dienone is 1. The minimum Gasteiger partial charge on any atom is -0.456 e. The Morgan fingerprint density at radius 2 is 1.07 bits per heavy atom. The highest BCUT2D eigenvalue weighted by atomic mass is 16.3. The molecule has 0 unspecified atom stereocenters. The molecule has 8 rings (SSSR count). The summed E-state index contributed by atoms with van der Waals surface area (Å²) < 4.78 is 6.44. The smallest absolute Gasteiger partial charge is 0.160 e. The molecule has 0 saturated carbocycles. The molecule has 220 valence electrons. The van der Waals surface area contributed by atoms with E-state index in [2.05, 4.69) is 128 Å². The maximum atomic E-state index is 6.44. The molecule has 3 nitrogen and oxygen atoms in total. The van der Waals surface area contributed by atoms with E-state index in [0.29, 0.717) is 5.84 Å². The van der Waals surface area contributed by atoms with Gasteiger partial charge < -0.3 is 4.42 Å². The molecule has 1 aliphatic rings. The van der Waals surface area contributed by atoms with E-state index in [1.165, 1.54) is 16.7 Å². The first kappa shape index (κ1) is 27.7. The fourth-order valence-electron chi connectivity index (χ4n) is 6.38. The van der Waals surface area contributed by atoms with E-state index < -0.39 is 0 Å². The Balaban J connectivity index is 1.30. The monoisotopic (exact) mass is 592 g/mol. The maximum Gasteiger partial charge on any atom is 0.160 e. The van der Waals surface area contributed by atoms with Crippen molar-refractivity contribution in [1.82, 2.24) is 0 Å². The normalized spacial score (nSPS) is 17.6. The number of fused-ring (bicyclic) bond motifs is 3. The molecule has 1 aromatic heterocycles. The molecule has 7 aromatic rings. The van der Waals surface area contributed by atoms with Gasteiger partial charge >= 0.3 is 0 Å². The van der Waals surface area contributed by atoms with Gasteiger partial charge in [-0.05, 0) is 71.4 Å². The number of furan rings is 1. The molecule has 0 aliphatic carbocycles. The molecule has 3 heteroatoms. The lowest BCUT2D eigenvalue weighted by Gasteiger charge is -2.16. The Morgan fingerprint density at radius 3 is 1.76 bits per heavy atom. The minimum atomic E-state index is 0.697. The second-order valence-corrected chi connectivity index (χ2v) is 11.8. The lowest BCUT2D eigenvalue weighted by Crippen LogP contribution is -2.10. The zero-order chi connectivity index (χ0) is 30.9. The van der Waals surface area contributed by atoms with Crippen LogP contribution in [0.25, 0.3) is 49.9 Å². The standard InChI is InChI=1S/C43H32N2O/c1-29-20-26-38(33-14-7-3-8-15-33)44-43(45-42(29)34-16-9-4-10-17-34)36-18-11-19-40-41(36)37-28-35(25-27-39(37)46-40)32-23-21-31(22-24-32)30-12-5-2-6-13-30/h2-19,21-25,27-28H,20,26H2,1H3/b42-29+,44-38+,45-43-. The van der Waals surface area contributed by atoms with Crippen LogP contribution in [0.15, 0.2) is 172 Å². The quantitative estimate of drug-likeness (QED) is 0.196. The van der Waals surface area contributed by atoms with Gasteiger partial charge in [-0.15, -0.1) is 0 Å². The molecular weight excluding hydrogens is 560 g/mol. The van der Waals surface area contributed by atoms with Gasteiger partial charge in [-0.25, -0.2) is 9.98 Å². The number of benzene rings is 6. The third-order valence-corrected chi connectivity index (χ3v) is 8.82. The number of rotatable bonds is 5. The predicted octanol–water partition coefficient (Wildman–Crippen LogP) is 11.4. The van der Waals surface area contributed by atoms with E-state index in [4.69, 9.17) is 14.4 Å². The van der Waals surface area contributed by atoms with Crippen LogP contribution in [0.4, 0.5) is 0 Å². The van der Waals surface area contributed by atoms with Crippen LogP contribution >= 0.6 is 0 Å². The summed E-state index contributed by atoms with van der Waals surface area (Å²) >= 11 is 0. The summed E-state index contributed by atoms with van der Waals surface area (Å²) in [6.45, 7) is 2.20. The van der Waals surface area contributed by atoms with Gasteiger partial charge in [0.25, 0.3) is 0 Å². The molecule has 0 amide bonds. The minimum absolute atomic E-state index is 0.697. The van der Waals surface area contributed by atoms with E-state index in [1.54, 1.807) is 0 Å². The number of nitrogens with zero attached hydrogens (tertiary/aromatic N) is 2. The van der Waals surface area contributed by atoms with Crippen LogP contribution in [-0.2, 0) is 0 Å².